The Morgan fingerprint density at radius 2 is 1.90 bits per heavy atom. The summed E-state index contributed by atoms with van der Waals surface area (Å²) in [6.07, 6.45) is 1.76. The SMILES string of the molecule is Cc1nccc(CN(C)Cc2ccc(C(=O)O)cc2)n1. The van der Waals surface area contributed by atoms with Crippen molar-refractivity contribution in [1.82, 2.24) is 14.9 Å². The van der Waals surface area contributed by atoms with E-state index in [1.807, 2.05) is 32.2 Å². The van der Waals surface area contributed by atoms with Crippen LogP contribution < -0.4 is 0 Å². The Bertz CT molecular complexity index is 596. The third kappa shape index (κ3) is 3.86. The van der Waals surface area contributed by atoms with Gasteiger partial charge in [0.25, 0.3) is 0 Å². The van der Waals surface area contributed by atoms with E-state index in [9.17, 15) is 4.79 Å². The molecule has 0 unspecified atom stereocenters. The first kappa shape index (κ1) is 14.1. The lowest BCUT2D eigenvalue weighted by atomic mass is 10.1. The quantitative estimate of drug-likeness (QED) is 0.902. The number of carboxylic acids is 1. The van der Waals surface area contributed by atoms with Gasteiger partial charge in [0, 0.05) is 19.3 Å². The lowest BCUT2D eigenvalue weighted by Gasteiger charge is -2.16. The summed E-state index contributed by atoms with van der Waals surface area (Å²) in [5, 5.41) is 8.85. The van der Waals surface area contributed by atoms with E-state index in [1.54, 1.807) is 18.3 Å². The molecule has 1 aromatic heterocycles. The third-order valence-electron chi connectivity index (χ3n) is 2.92. The predicted octanol–water partition coefficient (Wildman–Crippen LogP) is 2.12. The maximum atomic E-state index is 10.8. The summed E-state index contributed by atoms with van der Waals surface area (Å²) in [5.74, 6) is -0.136. The lowest BCUT2D eigenvalue weighted by Crippen LogP contribution is -2.18. The maximum absolute atomic E-state index is 10.8. The minimum Gasteiger partial charge on any atom is -0.478 e. The summed E-state index contributed by atoms with van der Waals surface area (Å²) in [4.78, 5) is 21.3. The molecule has 0 saturated carbocycles. The summed E-state index contributed by atoms with van der Waals surface area (Å²) in [5.41, 5.74) is 2.35. The highest BCUT2D eigenvalue weighted by molar-refractivity contribution is 5.87. The van der Waals surface area contributed by atoms with Crippen molar-refractivity contribution in [2.24, 2.45) is 0 Å². The number of aryl methyl sites for hydroxylation is 1. The van der Waals surface area contributed by atoms with Crippen LogP contribution in [-0.4, -0.2) is 33.0 Å². The molecule has 0 radical (unpaired) electrons. The summed E-state index contributed by atoms with van der Waals surface area (Å²) >= 11 is 0. The van der Waals surface area contributed by atoms with Crippen molar-refractivity contribution in [1.29, 1.82) is 0 Å². The highest BCUT2D eigenvalue weighted by atomic mass is 16.4. The number of aromatic carboxylic acids is 1. The molecule has 2 aromatic rings. The fraction of sp³-hybridized carbons (Fsp3) is 0.267. The average molecular weight is 271 g/mol. The molecule has 1 aromatic carbocycles. The zero-order valence-corrected chi connectivity index (χ0v) is 11.6. The Kier molecular flexibility index (Phi) is 4.42. The number of nitrogens with zero attached hydrogens (tertiary/aromatic N) is 3. The molecule has 1 heterocycles. The van der Waals surface area contributed by atoms with E-state index in [1.165, 1.54) is 0 Å². The van der Waals surface area contributed by atoms with E-state index in [0.29, 0.717) is 5.56 Å². The zero-order valence-electron chi connectivity index (χ0n) is 11.6. The van der Waals surface area contributed by atoms with Gasteiger partial charge in [0.05, 0.1) is 11.3 Å². The lowest BCUT2D eigenvalue weighted by molar-refractivity contribution is 0.0697. The van der Waals surface area contributed by atoms with E-state index < -0.39 is 5.97 Å². The molecule has 5 heteroatoms. The molecule has 0 fully saturated rings. The van der Waals surface area contributed by atoms with Gasteiger partial charge in [0.15, 0.2) is 0 Å². The molecule has 0 atom stereocenters. The topological polar surface area (TPSA) is 66.3 Å². The molecule has 104 valence electrons. The Balaban J connectivity index is 1.97. The van der Waals surface area contributed by atoms with Crippen LogP contribution in [-0.2, 0) is 13.1 Å². The highest BCUT2D eigenvalue weighted by Crippen LogP contribution is 2.09. The standard InChI is InChI=1S/C15H17N3O2/c1-11-16-8-7-14(17-11)10-18(2)9-12-3-5-13(6-4-12)15(19)20/h3-8H,9-10H2,1-2H3,(H,19,20). The van der Waals surface area contributed by atoms with Crippen LogP contribution >= 0.6 is 0 Å². The van der Waals surface area contributed by atoms with Gasteiger partial charge >= 0.3 is 5.97 Å². The molecule has 1 N–H and O–H groups in total. The molecular weight excluding hydrogens is 254 g/mol. The van der Waals surface area contributed by atoms with Crippen molar-refractivity contribution in [2.45, 2.75) is 20.0 Å². The van der Waals surface area contributed by atoms with Crippen LogP contribution in [0.3, 0.4) is 0 Å². The van der Waals surface area contributed by atoms with Crippen LogP contribution in [0.1, 0.15) is 27.4 Å². The van der Waals surface area contributed by atoms with E-state index in [4.69, 9.17) is 5.11 Å². The number of benzene rings is 1. The first-order chi connectivity index (χ1) is 9.54. The molecule has 0 aliphatic carbocycles. The molecule has 2 rings (SSSR count). The monoisotopic (exact) mass is 271 g/mol. The molecule has 0 aliphatic rings. The second kappa shape index (κ2) is 6.25. The van der Waals surface area contributed by atoms with Crippen molar-refractivity contribution in [3.8, 4) is 0 Å². The molecule has 0 aliphatic heterocycles. The molecule has 20 heavy (non-hydrogen) atoms. The maximum Gasteiger partial charge on any atom is 0.335 e. The van der Waals surface area contributed by atoms with Crippen molar-refractivity contribution in [3.63, 3.8) is 0 Å². The number of carboxylic acid groups (broad SMARTS) is 1. The van der Waals surface area contributed by atoms with Crippen molar-refractivity contribution in [2.75, 3.05) is 7.05 Å². The number of carbonyl (C=O) groups is 1. The summed E-state index contributed by atoms with van der Waals surface area (Å²) in [6.45, 7) is 3.33. The Hall–Kier alpha value is -2.27. The fourth-order valence-electron chi connectivity index (χ4n) is 1.99. The summed E-state index contributed by atoms with van der Waals surface area (Å²) < 4.78 is 0. The first-order valence-electron chi connectivity index (χ1n) is 6.34. The largest absolute Gasteiger partial charge is 0.478 e. The third-order valence-corrected chi connectivity index (χ3v) is 2.92. The van der Waals surface area contributed by atoms with Gasteiger partial charge in [-0.25, -0.2) is 14.8 Å². The van der Waals surface area contributed by atoms with E-state index in [-0.39, 0.29) is 0 Å². The number of rotatable bonds is 5. The van der Waals surface area contributed by atoms with Crippen LogP contribution in [0, 0.1) is 6.92 Å². The number of aromatic nitrogens is 2. The smallest absolute Gasteiger partial charge is 0.335 e. The Morgan fingerprint density at radius 3 is 2.50 bits per heavy atom. The molecule has 0 spiro atoms. The molecule has 0 saturated heterocycles. The second-order valence-electron chi connectivity index (χ2n) is 4.77. The Morgan fingerprint density at radius 1 is 1.20 bits per heavy atom. The molecule has 5 nitrogen and oxygen atoms in total. The van der Waals surface area contributed by atoms with Crippen molar-refractivity contribution in [3.05, 3.63) is 59.2 Å². The average Bonchev–Trinajstić information content (AvgIpc) is 2.39. The second-order valence-corrected chi connectivity index (χ2v) is 4.77. The van der Waals surface area contributed by atoms with Crippen molar-refractivity contribution < 1.29 is 9.90 Å². The van der Waals surface area contributed by atoms with Gasteiger partial charge in [-0.15, -0.1) is 0 Å². The van der Waals surface area contributed by atoms with Gasteiger partial charge in [0.2, 0.25) is 0 Å². The Labute approximate surface area is 117 Å². The molecular formula is C15H17N3O2. The first-order valence-corrected chi connectivity index (χ1v) is 6.34. The minimum absolute atomic E-state index is 0.308. The normalized spacial score (nSPS) is 10.8. The summed E-state index contributed by atoms with van der Waals surface area (Å²) in [7, 11) is 2.00. The van der Waals surface area contributed by atoms with Crippen LogP contribution in [0.4, 0.5) is 0 Å². The van der Waals surface area contributed by atoms with Gasteiger partial charge in [-0.05, 0) is 37.7 Å². The number of hydrogen-bond donors (Lipinski definition) is 1. The van der Waals surface area contributed by atoms with Gasteiger partial charge < -0.3 is 5.11 Å². The minimum atomic E-state index is -0.902. The molecule has 0 amide bonds. The van der Waals surface area contributed by atoms with Crippen LogP contribution in [0.5, 0.6) is 0 Å². The summed E-state index contributed by atoms with van der Waals surface area (Å²) in [6, 6.07) is 8.83. The fourth-order valence-corrected chi connectivity index (χ4v) is 1.99. The van der Waals surface area contributed by atoms with Crippen LogP contribution in [0.15, 0.2) is 36.5 Å². The van der Waals surface area contributed by atoms with E-state index in [2.05, 4.69) is 14.9 Å². The van der Waals surface area contributed by atoms with Crippen molar-refractivity contribution >= 4 is 5.97 Å². The van der Waals surface area contributed by atoms with Crippen LogP contribution in [0.2, 0.25) is 0 Å². The van der Waals surface area contributed by atoms with Gasteiger partial charge in [-0.3, -0.25) is 4.90 Å². The van der Waals surface area contributed by atoms with E-state index in [0.717, 1.165) is 30.2 Å². The predicted molar refractivity (Wildman–Crippen MR) is 75.3 cm³/mol. The van der Waals surface area contributed by atoms with E-state index >= 15 is 0 Å². The number of hydrogen-bond acceptors (Lipinski definition) is 4. The van der Waals surface area contributed by atoms with Gasteiger partial charge in [-0.2, -0.15) is 0 Å². The van der Waals surface area contributed by atoms with Gasteiger partial charge in [0.1, 0.15) is 5.82 Å². The zero-order chi connectivity index (χ0) is 14.5. The molecule has 0 bridgehead atoms. The highest BCUT2D eigenvalue weighted by Gasteiger charge is 2.05. The van der Waals surface area contributed by atoms with Crippen LogP contribution in [0.25, 0.3) is 0 Å². The van der Waals surface area contributed by atoms with Gasteiger partial charge in [-0.1, -0.05) is 12.1 Å².